The summed E-state index contributed by atoms with van der Waals surface area (Å²) in [6.45, 7) is 6.76. The molecule has 0 aromatic rings. The summed E-state index contributed by atoms with van der Waals surface area (Å²) in [5.74, 6) is -0.548. The molecule has 0 aromatic carbocycles. The molecule has 0 spiro atoms. The summed E-state index contributed by atoms with van der Waals surface area (Å²) >= 11 is 0. The number of phosphoric ester groups is 1. The van der Waals surface area contributed by atoms with Gasteiger partial charge < -0.3 is 28.5 Å². The van der Waals surface area contributed by atoms with Crippen molar-refractivity contribution in [2.75, 3.05) is 40.9 Å². The molecule has 0 saturated carbocycles. The van der Waals surface area contributed by atoms with E-state index in [1.165, 1.54) is 186 Å². The minimum atomic E-state index is -4.71. The second kappa shape index (κ2) is 66.1. The Balaban J connectivity index is 5.00. The van der Waals surface area contributed by atoms with Crippen LogP contribution >= 0.6 is 7.82 Å². The van der Waals surface area contributed by atoms with E-state index in [9.17, 15) is 19.0 Å². The van der Waals surface area contributed by atoms with E-state index >= 15 is 0 Å². The third-order valence-electron chi connectivity index (χ3n) is 16.3. The van der Waals surface area contributed by atoms with Crippen molar-refractivity contribution in [1.82, 2.24) is 5.32 Å². The molecule has 0 aromatic heterocycles. The molecular formula is C77H141N2O7P. The quantitative estimate of drug-likeness (QED) is 0.0212. The molecular weight excluding hydrogens is 1100 g/mol. The third kappa shape index (κ3) is 67.4. The summed E-state index contributed by atoms with van der Waals surface area (Å²) in [5.41, 5.74) is 0. The lowest BCUT2D eigenvalue weighted by Gasteiger charge is -2.30. The van der Waals surface area contributed by atoms with Crippen LogP contribution in [-0.2, 0) is 27.9 Å². The van der Waals surface area contributed by atoms with Gasteiger partial charge in [0.2, 0.25) is 5.91 Å². The zero-order valence-electron chi connectivity index (χ0n) is 58.0. The van der Waals surface area contributed by atoms with Crippen LogP contribution in [0.15, 0.2) is 85.1 Å². The zero-order chi connectivity index (χ0) is 63.5. The summed E-state index contributed by atoms with van der Waals surface area (Å²) in [6, 6.07) is -0.898. The van der Waals surface area contributed by atoms with Gasteiger partial charge in [-0.25, -0.2) is 0 Å². The number of phosphoric acid groups is 1. The van der Waals surface area contributed by atoms with E-state index in [4.69, 9.17) is 13.8 Å². The van der Waals surface area contributed by atoms with Crippen LogP contribution in [0.5, 0.6) is 0 Å². The second-order valence-electron chi connectivity index (χ2n) is 26.1. The Kier molecular flexibility index (Phi) is 64.0. The first-order chi connectivity index (χ1) is 42.4. The summed E-state index contributed by atoms with van der Waals surface area (Å²) in [4.78, 5) is 40.2. The van der Waals surface area contributed by atoms with Gasteiger partial charge in [-0.2, -0.15) is 0 Å². The number of rotatable bonds is 67. The first-order valence-corrected chi connectivity index (χ1v) is 38.4. The summed E-state index contributed by atoms with van der Waals surface area (Å²) in [5, 5.41) is 3.04. The molecule has 0 saturated heterocycles. The zero-order valence-corrected chi connectivity index (χ0v) is 58.9. The number of esters is 1. The number of carbonyl (C=O) groups is 2. The van der Waals surface area contributed by atoms with E-state index in [1.54, 1.807) is 0 Å². The Morgan fingerprint density at radius 3 is 1.10 bits per heavy atom. The first kappa shape index (κ1) is 84.2. The van der Waals surface area contributed by atoms with Crippen LogP contribution < -0.4 is 10.2 Å². The number of likely N-dealkylation sites (N-methyl/N-ethyl adjacent to an activating group) is 1. The molecule has 3 unspecified atom stereocenters. The van der Waals surface area contributed by atoms with Crippen molar-refractivity contribution in [2.24, 2.45) is 0 Å². The molecule has 1 N–H and O–H groups in total. The number of hydrogen-bond donors (Lipinski definition) is 1. The van der Waals surface area contributed by atoms with Gasteiger partial charge in [-0.1, -0.05) is 331 Å². The molecule has 0 bridgehead atoms. The second-order valence-corrected chi connectivity index (χ2v) is 27.5. The van der Waals surface area contributed by atoms with Gasteiger partial charge >= 0.3 is 5.97 Å². The maximum absolute atomic E-state index is 13.6. The fraction of sp³-hybridized carbons (Fsp3) is 0.792. The SMILES string of the molecule is CC/C=C\C/C=C\C/C=C\C/C=C\C/C=C\C/C=C\CCCCCCCCC(=O)OC(/C=C/CCCCCCCCCCC)C(COP(=O)([O-])OCC[N+](C)(C)C)NC(=O)CCCCCCCCCCCCCCCCCCCCCCCCCCC. The minimum absolute atomic E-state index is 0.0264. The highest BCUT2D eigenvalue weighted by molar-refractivity contribution is 7.45. The number of ether oxygens (including phenoxy) is 1. The molecule has 506 valence electrons. The van der Waals surface area contributed by atoms with E-state index < -0.39 is 26.6 Å². The third-order valence-corrected chi connectivity index (χ3v) is 17.3. The van der Waals surface area contributed by atoms with Crippen molar-refractivity contribution >= 4 is 19.7 Å². The largest absolute Gasteiger partial charge is 0.756 e. The van der Waals surface area contributed by atoms with Gasteiger partial charge in [-0.05, 0) is 83.1 Å². The Morgan fingerprint density at radius 1 is 0.414 bits per heavy atom. The number of hydrogen-bond acceptors (Lipinski definition) is 7. The molecule has 1 amide bonds. The molecule has 0 heterocycles. The van der Waals surface area contributed by atoms with E-state index in [0.29, 0.717) is 23.9 Å². The number of nitrogens with zero attached hydrogens (tertiary/aromatic N) is 1. The van der Waals surface area contributed by atoms with Crippen molar-refractivity contribution in [1.29, 1.82) is 0 Å². The fourth-order valence-electron chi connectivity index (χ4n) is 10.7. The molecule has 0 rings (SSSR count). The molecule has 10 heteroatoms. The van der Waals surface area contributed by atoms with Crippen LogP contribution in [0.25, 0.3) is 0 Å². The molecule has 3 atom stereocenters. The fourth-order valence-corrected chi connectivity index (χ4v) is 11.4. The first-order valence-electron chi connectivity index (χ1n) is 36.9. The number of amides is 1. The maximum Gasteiger partial charge on any atom is 0.306 e. The van der Waals surface area contributed by atoms with Gasteiger partial charge in [-0.3, -0.25) is 14.2 Å². The Labute approximate surface area is 539 Å². The molecule has 0 aliphatic rings. The Hall–Kier alpha value is -2.81. The van der Waals surface area contributed by atoms with Crippen LogP contribution in [0.4, 0.5) is 0 Å². The van der Waals surface area contributed by atoms with Gasteiger partial charge in [0.25, 0.3) is 7.82 Å². The van der Waals surface area contributed by atoms with Gasteiger partial charge in [0.05, 0.1) is 33.8 Å². The molecule has 0 aliphatic heterocycles. The van der Waals surface area contributed by atoms with Crippen molar-refractivity contribution in [3.63, 3.8) is 0 Å². The number of unbranched alkanes of at least 4 members (excludes halogenated alkanes) is 39. The minimum Gasteiger partial charge on any atom is -0.756 e. The lowest BCUT2D eigenvalue weighted by Crippen LogP contribution is -2.47. The summed E-state index contributed by atoms with van der Waals surface area (Å²) in [7, 11) is 1.18. The lowest BCUT2D eigenvalue weighted by molar-refractivity contribution is -0.870. The number of nitrogens with one attached hydrogen (secondary N) is 1. The number of quaternary nitrogens is 1. The van der Waals surface area contributed by atoms with Crippen molar-refractivity contribution in [3.8, 4) is 0 Å². The van der Waals surface area contributed by atoms with E-state index in [-0.39, 0.29) is 24.9 Å². The van der Waals surface area contributed by atoms with Crippen molar-refractivity contribution < 1.29 is 37.3 Å². The van der Waals surface area contributed by atoms with Crippen molar-refractivity contribution in [2.45, 2.75) is 354 Å². The van der Waals surface area contributed by atoms with Gasteiger partial charge in [-0.15, -0.1) is 0 Å². The van der Waals surface area contributed by atoms with E-state index in [0.717, 1.165) is 116 Å². The highest BCUT2D eigenvalue weighted by Gasteiger charge is 2.27. The number of carbonyl (C=O) groups excluding carboxylic acids is 2. The van der Waals surface area contributed by atoms with Crippen molar-refractivity contribution in [3.05, 3.63) is 85.1 Å². The smallest absolute Gasteiger partial charge is 0.306 e. The van der Waals surface area contributed by atoms with Crippen LogP contribution in [0.2, 0.25) is 0 Å². The predicted octanol–water partition coefficient (Wildman–Crippen LogP) is 23.0. The van der Waals surface area contributed by atoms with Crippen LogP contribution in [0.1, 0.15) is 342 Å². The average molecular weight is 1240 g/mol. The lowest BCUT2D eigenvalue weighted by atomic mass is 10.0. The van der Waals surface area contributed by atoms with Crippen LogP contribution in [0.3, 0.4) is 0 Å². The van der Waals surface area contributed by atoms with Gasteiger partial charge in [0, 0.05) is 12.8 Å². The molecule has 9 nitrogen and oxygen atoms in total. The topological polar surface area (TPSA) is 114 Å². The highest BCUT2D eigenvalue weighted by Crippen LogP contribution is 2.38. The maximum atomic E-state index is 13.6. The monoisotopic (exact) mass is 1240 g/mol. The molecule has 87 heavy (non-hydrogen) atoms. The van der Waals surface area contributed by atoms with Gasteiger partial charge in [0.1, 0.15) is 19.3 Å². The molecule has 0 aliphatic carbocycles. The Morgan fingerprint density at radius 2 is 0.736 bits per heavy atom. The van der Waals surface area contributed by atoms with E-state index in [2.05, 4.69) is 99.0 Å². The van der Waals surface area contributed by atoms with Gasteiger partial charge in [0.15, 0.2) is 0 Å². The summed E-state index contributed by atoms with van der Waals surface area (Å²) < 4.78 is 30.4. The van der Waals surface area contributed by atoms with Crippen LogP contribution in [0, 0.1) is 0 Å². The summed E-state index contributed by atoms with van der Waals surface area (Å²) in [6.07, 6.45) is 88.6. The average Bonchev–Trinajstić information content (AvgIpc) is 3.70. The highest BCUT2D eigenvalue weighted by atomic mass is 31.2. The standard InChI is InChI=1S/C77H141N2O7P/c1-7-10-13-16-19-22-25-27-29-31-33-35-37-39-41-43-45-47-49-51-54-57-60-63-66-69-76(80)78-74(73-85-87(82,83)84-72-71-79(4,5)6)75(68-65-62-59-56-53-24-21-18-15-12-9-3)86-77(81)70-67-64-61-58-55-52-50-48-46-44-42-40-38-36-34-32-30-28-26-23-20-17-14-11-8-2/h11,14,20,23,28,30,34,36,40,42,46,48,65,68,74-75H,7-10,12-13,15-19,21-22,24-27,29,31-33,35,37-39,41,43-45,47,49-64,66-67,69-73H2,1-6H3,(H-,78,80,82,83)/b14-11-,23-20-,30-28-,36-34-,42-40-,48-46-,68-65+. The predicted molar refractivity (Wildman–Crippen MR) is 376 cm³/mol. The molecule has 0 radical (unpaired) electrons. The number of allylic oxidation sites excluding steroid dienone is 13. The molecule has 0 fully saturated rings. The Bertz CT molecular complexity index is 1760. The normalized spacial score (nSPS) is 14.0. The van der Waals surface area contributed by atoms with Crippen LogP contribution in [-0.4, -0.2) is 69.4 Å². The van der Waals surface area contributed by atoms with E-state index in [1.807, 2.05) is 33.3 Å².